The number of hydrogen-bond donors (Lipinski definition) is 2. The van der Waals surface area contributed by atoms with Crippen molar-refractivity contribution in [1.82, 2.24) is 10.3 Å². The fraction of sp³-hybridized carbons (Fsp3) is 0.294. The predicted molar refractivity (Wildman–Crippen MR) is 82.5 cm³/mol. The van der Waals surface area contributed by atoms with Crippen molar-refractivity contribution in [3.63, 3.8) is 0 Å². The highest BCUT2D eigenvalue weighted by atomic mass is 16.2. The molecule has 0 saturated heterocycles. The van der Waals surface area contributed by atoms with E-state index in [1.54, 1.807) is 12.3 Å². The molecule has 110 valence electrons. The van der Waals surface area contributed by atoms with Gasteiger partial charge in [-0.25, -0.2) is 0 Å². The summed E-state index contributed by atoms with van der Waals surface area (Å²) in [5, 5.41) is 2.99. The van der Waals surface area contributed by atoms with Crippen molar-refractivity contribution in [3.8, 4) is 0 Å². The molecule has 1 amide bonds. The number of Topliss-reactive ketones (excluding diaryl/α,β-unsaturated/α-hetero) is 1. The Morgan fingerprint density at radius 3 is 2.43 bits per heavy atom. The van der Waals surface area contributed by atoms with Crippen LogP contribution in [0.15, 0.2) is 36.5 Å². The van der Waals surface area contributed by atoms with E-state index >= 15 is 0 Å². The molecule has 1 aromatic carbocycles. The number of carbonyl (C=O) groups excluding carboxylic acids is 2. The van der Waals surface area contributed by atoms with Crippen LogP contribution < -0.4 is 5.32 Å². The van der Waals surface area contributed by atoms with Gasteiger partial charge in [-0.15, -0.1) is 0 Å². The fourth-order valence-electron chi connectivity index (χ4n) is 2.18. The number of aromatic amines is 1. The topological polar surface area (TPSA) is 62.0 Å². The second-order valence-corrected chi connectivity index (χ2v) is 5.20. The molecular weight excluding hydrogens is 264 g/mol. The van der Waals surface area contributed by atoms with E-state index in [0.29, 0.717) is 11.3 Å². The first-order chi connectivity index (χ1) is 10.0. The number of amides is 1. The van der Waals surface area contributed by atoms with Crippen molar-refractivity contribution in [2.75, 3.05) is 0 Å². The Bertz CT molecular complexity index is 641. The number of nitrogens with one attached hydrogen (secondary N) is 2. The maximum atomic E-state index is 12.2. The van der Waals surface area contributed by atoms with Crippen molar-refractivity contribution in [3.05, 3.63) is 58.9 Å². The summed E-state index contributed by atoms with van der Waals surface area (Å²) < 4.78 is 0. The Morgan fingerprint density at radius 2 is 1.90 bits per heavy atom. The second kappa shape index (κ2) is 6.39. The Hall–Kier alpha value is -2.36. The van der Waals surface area contributed by atoms with E-state index in [2.05, 4.69) is 10.3 Å². The lowest BCUT2D eigenvalue weighted by Gasteiger charge is -2.17. The average Bonchev–Trinajstić information content (AvgIpc) is 2.96. The zero-order valence-electron chi connectivity index (χ0n) is 12.6. The molecule has 1 atom stereocenters. The summed E-state index contributed by atoms with van der Waals surface area (Å²) in [6.45, 7) is 5.54. The van der Waals surface area contributed by atoms with Crippen LogP contribution in [0.3, 0.4) is 0 Å². The fourth-order valence-corrected chi connectivity index (χ4v) is 2.18. The number of aromatic nitrogens is 1. The lowest BCUT2D eigenvalue weighted by Crippen LogP contribution is -2.28. The number of aryl methyl sites for hydroxylation is 1. The number of rotatable bonds is 5. The highest BCUT2D eigenvalue weighted by Crippen LogP contribution is 2.18. The van der Waals surface area contributed by atoms with Gasteiger partial charge in [-0.3, -0.25) is 9.59 Å². The zero-order valence-corrected chi connectivity index (χ0v) is 12.6. The number of hydrogen-bond acceptors (Lipinski definition) is 2. The van der Waals surface area contributed by atoms with Crippen LogP contribution >= 0.6 is 0 Å². The third kappa shape index (κ3) is 3.60. The molecule has 1 heterocycles. The minimum Gasteiger partial charge on any atom is -0.356 e. The SMILES string of the molecule is CC[C@@H](NC(=O)c1cc(C(C)=O)c[nH]1)c1ccc(C)cc1. The van der Waals surface area contributed by atoms with Gasteiger partial charge in [-0.2, -0.15) is 0 Å². The molecule has 4 heteroatoms. The van der Waals surface area contributed by atoms with Crippen molar-refractivity contribution in [2.45, 2.75) is 33.2 Å². The molecule has 21 heavy (non-hydrogen) atoms. The van der Waals surface area contributed by atoms with Crippen LogP contribution in [-0.4, -0.2) is 16.7 Å². The first-order valence-corrected chi connectivity index (χ1v) is 7.08. The number of carbonyl (C=O) groups is 2. The molecule has 0 unspecified atom stereocenters. The summed E-state index contributed by atoms with van der Waals surface area (Å²) in [6, 6.07) is 9.67. The summed E-state index contributed by atoms with van der Waals surface area (Å²) in [5.41, 5.74) is 3.19. The molecule has 0 spiro atoms. The number of ketones is 1. The van der Waals surface area contributed by atoms with Crippen LogP contribution in [0, 0.1) is 6.92 Å². The van der Waals surface area contributed by atoms with Crippen LogP contribution in [0.5, 0.6) is 0 Å². The lowest BCUT2D eigenvalue weighted by atomic mass is 10.0. The summed E-state index contributed by atoms with van der Waals surface area (Å²) in [5.74, 6) is -0.259. The van der Waals surface area contributed by atoms with Gasteiger partial charge >= 0.3 is 0 Å². The van der Waals surface area contributed by atoms with E-state index < -0.39 is 0 Å². The Morgan fingerprint density at radius 1 is 1.24 bits per heavy atom. The lowest BCUT2D eigenvalue weighted by molar-refractivity contribution is 0.0931. The maximum absolute atomic E-state index is 12.2. The van der Waals surface area contributed by atoms with Crippen molar-refractivity contribution < 1.29 is 9.59 Å². The van der Waals surface area contributed by atoms with Gasteiger partial charge in [-0.05, 0) is 31.9 Å². The van der Waals surface area contributed by atoms with Gasteiger partial charge in [0, 0.05) is 11.8 Å². The van der Waals surface area contributed by atoms with Crippen LogP contribution in [0.4, 0.5) is 0 Å². The smallest absolute Gasteiger partial charge is 0.268 e. The molecule has 0 radical (unpaired) electrons. The molecule has 2 aromatic rings. The van der Waals surface area contributed by atoms with Gasteiger partial charge in [0.05, 0.1) is 6.04 Å². The second-order valence-electron chi connectivity index (χ2n) is 5.20. The molecule has 2 rings (SSSR count). The maximum Gasteiger partial charge on any atom is 0.268 e. The normalized spacial score (nSPS) is 12.0. The van der Waals surface area contributed by atoms with Crippen molar-refractivity contribution >= 4 is 11.7 Å². The Labute approximate surface area is 124 Å². The molecule has 0 aliphatic carbocycles. The molecule has 0 aliphatic heterocycles. The largest absolute Gasteiger partial charge is 0.356 e. The number of H-pyrrole nitrogens is 1. The van der Waals surface area contributed by atoms with Gasteiger partial charge in [-0.1, -0.05) is 36.8 Å². The summed E-state index contributed by atoms with van der Waals surface area (Å²) in [6.07, 6.45) is 2.36. The van der Waals surface area contributed by atoms with Gasteiger partial charge in [0.15, 0.2) is 5.78 Å². The standard InChI is InChI=1S/C17H20N2O2/c1-4-15(13-7-5-11(2)6-8-13)19-17(21)16-9-14(10-18-16)12(3)20/h5-10,15,18H,4H2,1-3H3,(H,19,21)/t15-/m1/s1. The molecule has 1 aromatic heterocycles. The molecule has 0 bridgehead atoms. The highest BCUT2D eigenvalue weighted by molar-refractivity contribution is 5.99. The van der Waals surface area contributed by atoms with E-state index in [1.807, 2.05) is 38.1 Å². The highest BCUT2D eigenvalue weighted by Gasteiger charge is 2.16. The van der Waals surface area contributed by atoms with Crippen molar-refractivity contribution in [2.24, 2.45) is 0 Å². The monoisotopic (exact) mass is 284 g/mol. The van der Waals surface area contributed by atoms with Gasteiger partial charge in [0.25, 0.3) is 5.91 Å². The first kappa shape index (κ1) is 15.0. The minimum absolute atomic E-state index is 0.0396. The Kier molecular flexibility index (Phi) is 4.58. The van der Waals surface area contributed by atoms with Crippen molar-refractivity contribution in [1.29, 1.82) is 0 Å². The Balaban J connectivity index is 2.12. The van der Waals surface area contributed by atoms with Crippen LogP contribution in [-0.2, 0) is 0 Å². The minimum atomic E-state index is -0.199. The molecule has 0 saturated carbocycles. The zero-order chi connectivity index (χ0) is 15.4. The average molecular weight is 284 g/mol. The molecule has 4 nitrogen and oxygen atoms in total. The molecule has 0 fully saturated rings. The summed E-state index contributed by atoms with van der Waals surface area (Å²) in [7, 11) is 0. The van der Waals surface area contributed by atoms with Gasteiger partial charge < -0.3 is 10.3 Å². The van der Waals surface area contributed by atoms with Crippen LogP contribution in [0.2, 0.25) is 0 Å². The number of benzene rings is 1. The third-order valence-electron chi connectivity index (χ3n) is 3.53. The van der Waals surface area contributed by atoms with E-state index in [9.17, 15) is 9.59 Å². The van der Waals surface area contributed by atoms with E-state index in [4.69, 9.17) is 0 Å². The quantitative estimate of drug-likeness (QED) is 0.826. The van der Waals surface area contributed by atoms with E-state index in [-0.39, 0.29) is 17.7 Å². The molecular formula is C17H20N2O2. The van der Waals surface area contributed by atoms with Crippen LogP contribution in [0.1, 0.15) is 58.3 Å². The molecule has 0 aliphatic rings. The third-order valence-corrected chi connectivity index (χ3v) is 3.53. The van der Waals surface area contributed by atoms with E-state index in [0.717, 1.165) is 12.0 Å². The van der Waals surface area contributed by atoms with E-state index in [1.165, 1.54) is 12.5 Å². The van der Waals surface area contributed by atoms with Crippen LogP contribution in [0.25, 0.3) is 0 Å². The first-order valence-electron chi connectivity index (χ1n) is 7.08. The summed E-state index contributed by atoms with van der Waals surface area (Å²) >= 11 is 0. The molecule has 2 N–H and O–H groups in total. The summed E-state index contributed by atoms with van der Waals surface area (Å²) in [4.78, 5) is 26.3. The van der Waals surface area contributed by atoms with Gasteiger partial charge in [0.1, 0.15) is 5.69 Å². The predicted octanol–water partition coefficient (Wildman–Crippen LogP) is 3.41. The van der Waals surface area contributed by atoms with Gasteiger partial charge in [0.2, 0.25) is 0 Å².